The van der Waals surface area contributed by atoms with E-state index in [0.717, 1.165) is 5.56 Å². The van der Waals surface area contributed by atoms with Gasteiger partial charge in [-0.25, -0.2) is 0 Å². The fraction of sp³-hybridized carbons (Fsp3) is 0.529. The SMILES string of the molecule is COCCNCC(=O)Nc1ccc(C)c(NC(=O)C(C)(C)C)c1.Cl. The van der Waals surface area contributed by atoms with E-state index < -0.39 is 5.41 Å². The first-order chi connectivity index (χ1) is 10.7. The monoisotopic (exact) mass is 357 g/mol. The van der Waals surface area contributed by atoms with Crippen molar-refractivity contribution in [2.45, 2.75) is 27.7 Å². The van der Waals surface area contributed by atoms with Crippen molar-refractivity contribution in [2.24, 2.45) is 5.41 Å². The second kappa shape index (κ2) is 10.3. The molecule has 1 aromatic carbocycles. The number of hydrogen-bond donors (Lipinski definition) is 3. The second-order valence-corrected chi connectivity index (χ2v) is 6.45. The molecule has 3 N–H and O–H groups in total. The first-order valence-electron chi connectivity index (χ1n) is 7.65. The predicted octanol–water partition coefficient (Wildman–Crippen LogP) is 2.58. The van der Waals surface area contributed by atoms with Gasteiger partial charge in [-0.05, 0) is 24.6 Å². The molecule has 0 bridgehead atoms. The summed E-state index contributed by atoms with van der Waals surface area (Å²) in [5.41, 5.74) is 1.82. The molecular weight excluding hydrogens is 330 g/mol. The Bertz CT molecular complexity index is 557. The molecule has 0 saturated carbocycles. The number of benzene rings is 1. The van der Waals surface area contributed by atoms with Crippen LogP contribution in [-0.2, 0) is 14.3 Å². The lowest BCUT2D eigenvalue weighted by Gasteiger charge is -2.19. The number of carbonyl (C=O) groups is 2. The summed E-state index contributed by atoms with van der Waals surface area (Å²) in [5.74, 6) is -0.205. The molecule has 0 unspecified atom stereocenters. The second-order valence-electron chi connectivity index (χ2n) is 6.45. The van der Waals surface area contributed by atoms with E-state index in [1.54, 1.807) is 13.2 Å². The lowest BCUT2D eigenvalue weighted by Crippen LogP contribution is -2.30. The molecule has 0 aromatic heterocycles. The molecule has 136 valence electrons. The summed E-state index contributed by atoms with van der Waals surface area (Å²) in [6.07, 6.45) is 0. The minimum absolute atomic E-state index is 0. The Morgan fingerprint density at radius 3 is 2.42 bits per heavy atom. The molecule has 0 aliphatic heterocycles. The van der Waals surface area contributed by atoms with Crippen molar-refractivity contribution in [3.8, 4) is 0 Å². The number of hydrogen-bond acceptors (Lipinski definition) is 4. The van der Waals surface area contributed by atoms with Crippen molar-refractivity contribution >= 4 is 35.6 Å². The third-order valence-corrected chi connectivity index (χ3v) is 3.22. The number of rotatable bonds is 7. The fourth-order valence-corrected chi connectivity index (χ4v) is 1.73. The fourth-order valence-electron chi connectivity index (χ4n) is 1.73. The quantitative estimate of drug-likeness (QED) is 0.655. The van der Waals surface area contributed by atoms with Crippen molar-refractivity contribution in [3.63, 3.8) is 0 Å². The number of anilines is 2. The normalized spacial score (nSPS) is 10.7. The summed E-state index contributed by atoms with van der Waals surface area (Å²) in [4.78, 5) is 24.0. The molecular formula is C17H28ClN3O3. The van der Waals surface area contributed by atoms with E-state index in [1.165, 1.54) is 0 Å². The van der Waals surface area contributed by atoms with Gasteiger partial charge in [0.05, 0.1) is 13.2 Å². The number of amides is 2. The molecule has 0 fully saturated rings. The van der Waals surface area contributed by atoms with Crippen molar-refractivity contribution in [1.29, 1.82) is 0 Å². The highest BCUT2D eigenvalue weighted by molar-refractivity contribution is 5.97. The Morgan fingerprint density at radius 1 is 1.17 bits per heavy atom. The molecule has 2 amide bonds. The van der Waals surface area contributed by atoms with Crippen LogP contribution in [0.1, 0.15) is 26.3 Å². The van der Waals surface area contributed by atoms with E-state index >= 15 is 0 Å². The van der Waals surface area contributed by atoms with Gasteiger partial charge in [0.15, 0.2) is 0 Å². The lowest BCUT2D eigenvalue weighted by atomic mass is 9.95. The van der Waals surface area contributed by atoms with Crippen LogP contribution in [0.2, 0.25) is 0 Å². The smallest absolute Gasteiger partial charge is 0.238 e. The summed E-state index contributed by atoms with van der Waals surface area (Å²) in [6, 6.07) is 5.45. The molecule has 0 radical (unpaired) electrons. The highest BCUT2D eigenvalue weighted by atomic mass is 35.5. The van der Waals surface area contributed by atoms with Crippen molar-refractivity contribution < 1.29 is 14.3 Å². The maximum atomic E-state index is 12.1. The molecule has 7 heteroatoms. The maximum Gasteiger partial charge on any atom is 0.238 e. The topological polar surface area (TPSA) is 79.5 Å². The van der Waals surface area contributed by atoms with Gasteiger partial charge in [0.1, 0.15) is 0 Å². The molecule has 0 aliphatic carbocycles. The number of ether oxygens (including phenoxy) is 1. The minimum Gasteiger partial charge on any atom is -0.383 e. The summed E-state index contributed by atoms with van der Waals surface area (Å²) < 4.78 is 4.90. The molecule has 1 rings (SSSR count). The van der Waals surface area contributed by atoms with Gasteiger partial charge >= 0.3 is 0 Å². The maximum absolute atomic E-state index is 12.1. The zero-order valence-electron chi connectivity index (χ0n) is 15.0. The van der Waals surface area contributed by atoms with Crippen LogP contribution in [0.15, 0.2) is 18.2 Å². The molecule has 0 spiro atoms. The Morgan fingerprint density at radius 2 is 1.83 bits per heavy atom. The summed E-state index contributed by atoms with van der Waals surface area (Å²) in [6.45, 7) is 8.86. The summed E-state index contributed by atoms with van der Waals surface area (Å²) >= 11 is 0. The van der Waals surface area contributed by atoms with Gasteiger partial charge in [0.25, 0.3) is 0 Å². The first kappa shape index (κ1) is 22.4. The van der Waals surface area contributed by atoms with E-state index in [2.05, 4.69) is 16.0 Å². The summed E-state index contributed by atoms with van der Waals surface area (Å²) in [5, 5.41) is 8.68. The van der Waals surface area contributed by atoms with Crippen LogP contribution < -0.4 is 16.0 Å². The molecule has 0 saturated heterocycles. The van der Waals surface area contributed by atoms with Crippen LogP contribution in [0.3, 0.4) is 0 Å². The van der Waals surface area contributed by atoms with Gasteiger partial charge in [-0.15, -0.1) is 12.4 Å². The standard InChI is InChI=1S/C17H27N3O3.ClH/c1-12-6-7-13(19-15(21)11-18-8-9-23-5)10-14(12)20-16(22)17(2,3)4;/h6-7,10,18H,8-9,11H2,1-5H3,(H,19,21)(H,20,22);1H. The van der Waals surface area contributed by atoms with E-state index in [0.29, 0.717) is 24.5 Å². The lowest BCUT2D eigenvalue weighted by molar-refractivity contribution is -0.123. The van der Waals surface area contributed by atoms with Gasteiger partial charge in [0, 0.05) is 30.4 Å². The van der Waals surface area contributed by atoms with Gasteiger partial charge in [-0.2, -0.15) is 0 Å². The third kappa shape index (κ3) is 7.77. The molecule has 0 atom stereocenters. The van der Waals surface area contributed by atoms with E-state index in [4.69, 9.17) is 4.74 Å². The highest BCUT2D eigenvalue weighted by Gasteiger charge is 2.21. The van der Waals surface area contributed by atoms with Crippen molar-refractivity contribution in [2.75, 3.05) is 37.4 Å². The van der Waals surface area contributed by atoms with Gasteiger partial charge in [0.2, 0.25) is 11.8 Å². The zero-order chi connectivity index (χ0) is 17.5. The average molecular weight is 358 g/mol. The average Bonchev–Trinajstić information content (AvgIpc) is 2.46. The largest absolute Gasteiger partial charge is 0.383 e. The zero-order valence-corrected chi connectivity index (χ0v) is 15.8. The van der Waals surface area contributed by atoms with Crippen LogP contribution >= 0.6 is 12.4 Å². The minimum atomic E-state index is -0.475. The number of methoxy groups -OCH3 is 1. The van der Waals surface area contributed by atoms with Crippen molar-refractivity contribution in [1.82, 2.24) is 5.32 Å². The molecule has 6 nitrogen and oxygen atoms in total. The summed E-state index contributed by atoms with van der Waals surface area (Å²) in [7, 11) is 1.61. The third-order valence-electron chi connectivity index (χ3n) is 3.22. The van der Waals surface area contributed by atoms with Crippen LogP contribution in [-0.4, -0.2) is 38.6 Å². The van der Waals surface area contributed by atoms with Crippen molar-refractivity contribution in [3.05, 3.63) is 23.8 Å². The molecule has 24 heavy (non-hydrogen) atoms. The van der Waals surface area contributed by atoms with Gasteiger partial charge < -0.3 is 20.7 Å². The number of halogens is 1. The van der Waals surface area contributed by atoms with E-state index in [1.807, 2.05) is 39.8 Å². The Hall–Kier alpha value is -1.63. The van der Waals surface area contributed by atoms with Gasteiger partial charge in [-0.3, -0.25) is 9.59 Å². The highest BCUT2D eigenvalue weighted by Crippen LogP contribution is 2.23. The van der Waals surface area contributed by atoms with Crippen LogP contribution in [0.25, 0.3) is 0 Å². The Balaban J connectivity index is 0.00000529. The predicted molar refractivity (Wildman–Crippen MR) is 99.9 cm³/mol. The van der Waals surface area contributed by atoms with Crippen LogP contribution in [0.4, 0.5) is 11.4 Å². The van der Waals surface area contributed by atoms with E-state index in [9.17, 15) is 9.59 Å². The van der Waals surface area contributed by atoms with E-state index in [-0.39, 0.29) is 30.8 Å². The first-order valence-corrected chi connectivity index (χ1v) is 7.65. The van der Waals surface area contributed by atoms with Gasteiger partial charge in [-0.1, -0.05) is 26.8 Å². The molecule has 1 aromatic rings. The van der Waals surface area contributed by atoms with Crippen LogP contribution in [0.5, 0.6) is 0 Å². The van der Waals surface area contributed by atoms with Crippen LogP contribution in [0, 0.1) is 12.3 Å². The number of carbonyl (C=O) groups excluding carboxylic acids is 2. The Labute approximate surface area is 150 Å². The number of aryl methyl sites for hydroxylation is 1. The molecule has 0 aliphatic rings. The molecule has 0 heterocycles. The number of nitrogens with one attached hydrogen (secondary N) is 3. The Kier molecular flexibility index (Phi) is 9.58.